The van der Waals surface area contributed by atoms with Crippen molar-refractivity contribution in [1.29, 1.82) is 0 Å². The third-order valence-corrected chi connectivity index (χ3v) is 4.22. The summed E-state index contributed by atoms with van der Waals surface area (Å²) in [5, 5.41) is 11.8. The fourth-order valence-electron chi connectivity index (χ4n) is 1.95. The van der Waals surface area contributed by atoms with Crippen LogP contribution in [0.2, 0.25) is 0 Å². The van der Waals surface area contributed by atoms with Gasteiger partial charge in [-0.25, -0.2) is 0 Å². The van der Waals surface area contributed by atoms with Crippen LogP contribution in [0, 0.1) is 6.92 Å². The molecule has 1 unspecified atom stereocenters. The summed E-state index contributed by atoms with van der Waals surface area (Å²) in [7, 11) is 1.89. The lowest BCUT2D eigenvalue weighted by Crippen LogP contribution is -2.44. The van der Waals surface area contributed by atoms with Crippen LogP contribution in [-0.2, 0) is 11.8 Å². The Hall–Kier alpha value is -1.76. The second-order valence-corrected chi connectivity index (χ2v) is 7.56. The summed E-state index contributed by atoms with van der Waals surface area (Å²) in [6.45, 7) is 9.64. The van der Waals surface area contributed by atoms with Gasteiger partial charge in [0.25, 0.3) is 0 Å². The molecule has 0 spiro atoms. The average molecular weight is 322 g/mol. The number of aromatic nitrogens is 3. The van der Waals surface area contributed by atoms with Crippen molar-refractivity contribution in [2.45, 2.75) is 50.6 Å². The molecule has 22 heavy (non-hydrogen) atoms. The Morgan fingerprint density at radius 2 is 2.09 bits per heavy atom. The van der Waals surface area contributed by atoms with Gasteiger partial charge in [0.15, 0.2) is 11.0 Å². The first-order valence-corrected chi connectivity index (χ1v) is 7.99. The molecule has 1 atom stereocenters. The molecule has 120 valence electrons. The summed E-state index contributed by atoms with van der Waals surface area (Å²) in [6.07, 6.45) is 1.63. The van der Waals surface area contributed by atoms with Crippen molar-refractivity contribution in [1.82, 2.24) is 20.1 Å². The molecule has 0 radical (unpaired) electrons. The Labute approximate surface area is 134 Å². The molecular formula is C15H22N4O2S. The number of aryl methyl sites for hydroxylation is 1. The molecule has 1 N–H and O–H groups in total. The minimum Gasteiger partial charge on any atom is -0.469 e. The summed E-state index contributed by atoms with van der Waals surface area (Å²) < 4.78 is 7.18. The molecule has 2 heterocycles. The summed E-state index contributed by atoms with van der Waals surface area (Å²) in [5.74, 6) is 1.52. The largest absolute Gasteiger partial charge is 0.469 e. The van der Waals surface area contributed by atoms with Crippen LogP contribution >= 0.6 is 11.8 Å². The van der Waals surface area contributed by atoms with Crippen molar-refractivity contribution in [3.63, 3.8) is 0 Å². The molecule has 0 saturated heterocycles. The van der Waals surface area contributed by atoms with Crippen LogP contribution in [-0.4, -0.2) is 31.5 Å². The van der Waals surface area contributed by atoms with Crippen LogP contribution in [0.25, 0.3) is 11.4 Å². The molecule has 0 bridgehead atoms. The van der Waals surface area contributed by atoms with E-state index < -0.39 is 0 Å². The van der Waals surface area contributed by atoms with Gasteiger partial charge in [0, 0.05) is 12.6 Å². The van der Waals surface area contributed by atoms with Gasteiger partial charge in [-0.15, -0.1) is 10.2 Å². The first kappa shape index (κ1) is 16.6. The zero-order chi connectivity index (χ0) is 16.5. The zero-order valence-electron chi connectivity index (χ0n) is 13.8. The molecule has 2 aromatic heterocycles. The fraction of sp³-hybridized carbons (Fsp3) is 0.533. The standard InChI is InChI=1S/C15H22N4O2S/c1-9-11(7-8-21-9)12-17-18-14(19(12)6)22-10(2)13(20)16-15(3,4)5/h7-8,10H,1-6H3,(H,16,20). The van der Waals surface area contributed by atoms with E-state index in [1.807, 2.05) is 52.3 Å². The topological polar surface area (TPSA) is 72.9 Å². The maximum Gasteiger partial charge on any atom is 0.233 e. The van der Waals surface area contributed by atoms with Gasteiger partial charge in [-0.2, -0.15) is 0 Å². The molecule has 1 amide bonds. The van der Waals surface area contributed by atoms with Crippen molar-refractivity contribution >= 4 is 17.7 Å². The van der Waals surface area contributed by atoms with E-state index in [4.69, 9.17) is 4.42 Å². The maximum absolute atomic E-state index is 12.2. The van der Waals surface area contributed by atoms with Crippen LogP contribution in [0.3, 0.4) is 0 Å². The van der Waals surface area contributed by atoms with E-state index in [-0.39, 0.29) is 16.7 Å². The van der Waals surface area contributed by atoms with Crippen LogP contribution in [0.1, 0.15) is 33.5 Å². The highest BCUT2D eigenvalue weighted by molar-refractivity contribution is 8.00. The number of furan rings is 1. The number of hydrogen-bond acceptors (Lipinski definition) is 5. The van der Waals surface area contributed by atoms with Crippen molar-refractivity contribution in [3.05, 3.63) is 18.1 Å². The van der Waals surface area contributed by atoms with Gasteiger partial charge in [0.2, 0.25) is 5.91 Å². The molecular weight excluding hydrogens is 300 g/mol. The molecule has 7 heteroatoms. The summed E-state index contributed by atoms with van der Waals surface area (Å²) >= 11 is 1.39. The van der Waals surface area contributed by atoms with E-state index in [9.17, 15) is 4.79 Å². The molecule has 0 aliphatic heterocycles. The van der Waals surface area contributed by atoms with Crippen molar-refractivity contribution in [2.24, 2.45) is 7.05 Å². The molecule has 2 aromatic rings. The highest BCUT2D eigenvalue weighted by atomic mass is 32.2. The lowest BCUT2D eigenvalue weighted by atomic mass is 10.1. The Morgan fingerprint density at radius 3 is 2.64 bits per heavy atom. The minimum absolute atomic E-state index is 0.0125. The second-order valence-electron chi connectivity index (χ2n) is 6.25. The van der Waals surface area contributed by atoms with Crippen LogP contribution in [0.4, 0.5) is 0 Å². The van der Waals surface area contributed by atoms with Crippen molar-refractivity contribution < 1.29 is 9.21 Å². The Kier molecular flexibility index (Phi) is 4.65. The molecule has 6 nitrogen and oxygen atoms in total. The van der Waals surface area contributed by atoms with E-state index in [0.29, 0.717) is 5.16 Å². The van der Waals surface area contributed by atoms with E-state index in [1.165, 1.54) is 11.8 Å². The van der Waals surface area contributed by atoms with Crippen LogP contribution < -0.4 is 5.32 Å². The Balaban J connectivity index is 2.13. The van der Waals surface area contributed by atoms with Gasteiger partial charge < -0.3 is 14.3 Å². The number of amides is 1. The van der Waals surface area contributed by atoms with Gasteiger partial charge >= 0.3 is 0 Å². The maximum atomic E-state index is 12.2. The number of nitrogens with zero attached hydrogens (tertiary/aromatic N) is 3. The monoisotopic (exact) mass is 322 g/mol. The number of carbonyl (C=O) groups is 1. The fourth-order valence-corrected chi connectivity index (χ4v) is 2.77. The average Bonchev–Trinajstić information content (AvgIpc) is 2.95. The van der Waals surface area contributed by atoms with Crippen LogP contribution in [0.15, 0.2) is 21.9 Å². The second kappa shape index (κ2) is 6.16. The first-order valence-electron chi connectivity index (χ1n) is 7.11. The molecule has 0 saturated carbocycles. The normalized spacial score (nSPS) is 13.2. The predicted molar refractivity (Wildman–Crippen MR) is 86.7 cm³/mol. The first-order chi connectivity index (χ1) is 10.2. The third kappa shape index (κ3) is 3.71. The number of carbonyl (C=O) groups excluding carboxylic acids is 1. The molecule has 0 aliphatic carbocycles. The third-order valence-electron chi connectivity index (χ3n) is 3.08. The lowest BCUT2D eigenvalue weighted by Gasteiger charge is -2.22. The predicted octanol–water partition coefficient (Wildman–Crippen LogP) is 2.78. The summed E-state index contributed by atoms with van der Waals surface area (Å²) in [5.41, 5.74) is 0.666. The van der Waals surface area contributed by atoms with Crippen molar-refractivity contribution in [2.75, 3.05) is 0 Å². The van der Waals surface area contributed by atoms with E-state index >= 15 is 0 Å². The number of hydrogen-bond donors (Lipinski definition) is 1. The highest BCUT2D eigenvalue weighted by Crippen LogP contribution is 2.27. The summed E-state index contributed by atoms with van der Waals surface area (Å²) in [4.78, 5) is 12.2. The Morgan fingerprint density at radius 1 is 1.41 bits per heavy atom. The lowest BCUT2D eigenvalue weighted by molar-refractivity contribution is -0.121. The Bertz CT molecular complexity index is 669. The van der Waals surface area contributed by atoms with Gasteiger partial charge in [-0.1, -0.05) is 11.8 Å². The number of nitrogens with one attached hydrogen (secondary N) is 1. The molecule has 0 aromatic carbocycles. The van der Waals surface area contributed by atoms with E-state index in [2.05, 4.69) is 15.5 Å². The molecule has 2 rings (SSSR count). The smallest absolute Gasteiger partial charge is 0.233 e. The van der Waals surface area contributed by atoms with E-state index in [1.54, 1.807) is 6.26 Å². The van der Waals surface area contributed by atoms with E-state index in [0.717, 1.165) is 17.1 Å². The van der Waals surface area contributed by atoms with Crippen LogP contribution in [0.5, 0.6) is 0 Å². The molecule has 0 fully saturated rings. The van der Waals surface area contributed by atoms with Gasteiger partial charge in [0.05, 0.1) is 17.1 Å². The van der Waals surface area contributed by atoms with Gasteiger partial charge in [0.1, 0.15) is 5.76 Å². The van der Waals surface area contributed by atoms with Gasteiger partial charge in [-0.05, 0) is 40.7 Å². The minimum atomic E-state index is -0.250. The SMILES string of the molecule is Cc1occc1-c1nnc(SC(C)C(=O)NC(C)(C)C)n1C. The zero-order valence-corrected chi connectivity index (χ0v) is 14.6. The molecule has 0 aliphatic rings. The number of rotatable bonds is 4. The highest BCUT2D eigenvalue weighted by Gasteiger charge is 2.23. The van der Waals surface area contributed by atoms with Crippen molar-refractivity contribution in [3.8, 4) is 11.4 Å². The van der Waals surface area contributed by atoms with Gasteiger partial charge in [-0.3, -0.25) is 4.79 Å². The summed E-state index contributed by atoms with van der Waals surface area (Å²) in [6, 6.07) is 1.86. The number of thioether (sulfide) groups is 1. The quantitative estimate of drug-likeness (QED) is 0.876.